The number of ether oxygens (including phenoxy) is 4. The molecular formula is C11H22O5. The first kappa shape index (κ1) is 15.2. The van der Waals surface area contributed by atoms with Crippen molar-refractivity contribution in [3.05, 3.63) is 0 Å². The van der Waals surface area contributed by atoms with E-state index in [1.807, 2.05) is 13.8 Å². The molecule has 0 rings (SSSR count). The lowest BCUT2D eigenvalue weighted by Gasteiger charge is -2.28. The first-order valence-corrected chi connectivity index (χ1v) is 5.42. The smallest absolute Gasteiger partial charge is 0.402 e. The quantitative estimate of drug-likeness (QED) is 0.522. The van der Waals surface area contributed by atoms with Gasteiger partial charge in [-0.2, -0.15) is 0 Å². The first-order chi connectivity index (χ1) is 7.22. The van der Waals surface area contributed by atoms with Gasteiger partial charge in [0.25, 0.3) is 0 Å². The van der Waals surface area contributed by atoms with Gasteiger partial charge in [0.2, 0.25) is 11.6 Å². The Morgan fingerprint density at radius 1 is 0.875 bits per heavy atom. The van der Waals surface area contributed by atoms with E-state index in [1.54, 1.807) is 27.7 Å². The molecule has 0 saturated carbocycles. The van der Waals surface area contributed by atoms with Crippen LogP contribution in [0.5, 0.6) is 0 Å². The number of carbonyl (C=O) groups excluding carboxylic acids is 1. The van der Waals surface area contributed by atoms with Crippen molar-refractivity contribution < 1.29 is 23.7 Å². The zero-order valence-corrected chi connectivity index (χ0v) is 11.0. The largest absolute Gasteiger partial charge is 0.513 e. The van der Waals surface area contributed by atoms with Crippen molar-refractivity contribution >= 4 is 6.16 Å². The van der Waals surface area contributed by atoms with Crippen molar-refractivity contribution in [2.45, 2.75) is 53.1 Å². The maximum atomic E-state index is 11.4. The second-order valence-electron chi connectivity index (χ2n) is 4.12. The molecule has 0 saturated heterocycles. The molecule has 0 amide bonds. The van der Waals surface area contributed by atoms with Gasteiger partial charge in [-0.3, -0.25) is 0 Å². The summed E-state index contributed by atoms with van der Waals surface area (Å²) >= 11 is 0. The van der Waals surface area contributed by atoms with Gasteiger partial charge in [-0.05, 0) is 13.8 Å². The second-order valence-corrected chi connectivity index (χ2v) is 4.12. The standard InChI is InChI=1S/C11H22O5/c1-7-13-10(3,4)15-9(12)16-11(5,6)14-8-2/h7-8H2,1-6H3. The molecule has 0 atom stereocenters. The van der Waals surface area contributed by atoms with E-state index in [-0.39, 0.29) is 0 Å². The average Bonchev–Trinajstić information content (AvgIpc) is 1.99. The minimum absolute atomic E-state index is 0.454. The molecule has 0 spiro atoms. The highest BCUT2D eigenvalue weighted by Gasteiger charge is 2.29. The van der Waals surface area contributed by atoms with Crippen LogP contribution in [-0.4, -0.2) is 30.9 Å². The Labute approximate surface area is 97.0 Å². The molecular weight excluding hydrogens is 212 g/mol. The predicted octanol–water partition coefficient (Wildman–Crippen LogP) is 2.68. The van der Waals surface area contributed by atoms with Crippen molar-refractivity contribution in [2.24, 2.45) is 0 Å². The summed E-state index contributed by atoms with van der Waals surface area (Å²) < 4.78 is 20.4. The van der Waals surface area contributed by atoms with Gasteiger partial charge >= 0.3 is 6.16 Å². The molecule has 96 valence electrons. The van der Waals surface area contributed by atoms with Crippen molar-refractivity contribution in [3.8, 4) is 0 Å². The molecule has 0 aliphatic heterocycles. The SMILES string of the molecule is CCOC(C)(C)OC(=O)OC(C)(C)OCC. The summed E-state index contributed by atoms with van der Waals surface area (Å²) in [5.41, 5.74) is 0. The van der Waals surface area contributed by atoms with Gasteiger partial charge in [0.15, 0.2) is 0 Å². The van der Waals surface area contributed by atoms with Gasteiger partial charge < -0.3 is 18.9 Å². The minimum Gasteiger partial charge on any atom is -0.402 e. The van der Waals surface area contributed by atoms with E-state index in [0.29, 0.717) is 13.2 Å². The summed E-state index contributed by atoms with van der Waals surface area (Å²) in [4.78, 5) is 11.4. The van der Waals surface area contributed by atoms with Crippen LogP contribution in [0.1, 0.15) is 41.5 Å². The molecule has 0 heterocycles. The zero-order chi connectivity index (χ0) is 12.8. The Hall–Kier alpha value is -0.810. The lowest BCUT2D eigenvalue weighted by molar-refractivity contribution is -0.228. The fraction of sp³-hybridized carbons (Fsp3) is 0.909. The van der Waals surface area contributed by atoms with Crippen LogP contribution >= 0.6 is 0 Å². The monoisotopic (exact) mass is 234 g/mol. The fourth-order valence-electron chi connectivity index (χ4n) is 1.18. The molecule has 0 radical (unpaired) electrons. The fourth-order valence-corrected chi connectivity index (χ4v) is 1.18. The van der Waals surface area contributed by atoms with Crippen LogP contribution in [0.2, 0.25) is 0 Å². The first-order valence-electron chi connectivity index (χ1n) is 5.42. The van der Waals surface area contributed by atoms with E-state index >= 15 is 0 Å². The van der Waals surface area contributed by atoms with Gasteiger partial charge in [0, 0.05) is 40.9 Å². The summed E-state index contributed by atoms with van der Waals surface area (Å²) in [5, 5.41) is 0. The highest BCUT2D eigenvalue weighted by molar-refractivity contribution is 5.60. The molecule has 0 aromatic rings. The van der Waals surface area contributed by atoms with Crippen LogP contribution in [0.15, 0.2) is 0 Å². The topological polar surface area (TPSA) is 54.0 Å². The number of carbonyl (C=O) groups is 1. The van der Waals surface area contributed by atoms with E-state index < -0.39 is 17.7 Å². The lowest BCUT2D eigenvalue weighted by Crippen LogP contribution is -2.37. The lowest BCUT2D eigenvalue weighted by atomic mass is 10.4. The summed E-state index contributed by atoms with van der Waals surface area (Å²) in [6.07, 6.45) is -0.808. The third kappa shape index (κ3) is 6.63. The molecule has 0 fully saturated rings. The van der Waals surface area contributed by atoms with Crippen molar-refractivity contribution in [2.75, 3.05) is 13.2 Å². The van der Waals surface area contributed by atoms with Crippen LogP contribution < -0.4 is 0 Å². The molecule has 0 aliphatic rings. The normalized spacial score (nSPS) is 12.4. The maximum absolute atomic E-state index is 11.4. The van der Waals surface area contributed by atoms with E-state index in [9.17, 15) is 4.79 Å². The Balaban J connectivity index is 4.17. The molecule has 0 aliphatic carbocycles. The Kier molecular flexibility index (Phi) is 5.75. The molecule has 5 heteroatoms. The molecule has 16 heavy (non-hydrogen) atoms. The predicted molar refractivity (Wildman–Crippen MR) is 59.0 cm³/mol. The van der Waals surface area contributed by atoms with Crippen molar-refractivity contribution in [3.63, 3.8) is 0 Å². The molecule has 0 N–H and O–H groups in total. The highest BCUT2D eigenvalue weighted by Crippen LogP contribution is 2.17. The van der Waals surface area contributed by atoms with Crippen molar-refractivity contribution in [1.29, 1.82) is 0 Å². The highest BCUT2D eigenvalue weighted by atomic mass is 16.8. The van der Waals surface area contributed by atoms with Gasteiger partial charge in [0.05, 0.1) is 0 Å². The van der Waals surface area contributed by atoms with E-state index in [2.05, 4.69) is 0 Å². The summed E-state index contributed by atoms with van der Waals surface area (Å²) in [5.74, 6) is -1.98. The van der Waals surface area contributed by atoms with Crippen LogP contribution in [0.25, 0.3) is 0 Å². The van der Waals surface area contributed by atoms with E-state index in [4.69, 9.17) is 18.9 Å². The van der Waals surface area contributed by atoms with Crippen LogP contribution in [0, 0.1) is 0 Å². The summed E-state index contributed by atoms with van der Waals surface area (Å²) in [7, 11) is 0. The van der Waals surface area contributed by atoms with Crippen LogP contribution in [0.3, 0.4) is 0 Å². The van der Waals surface area contributed by atoms with E-state index in [1.165, 1.54) is 0 Å². The van der Waals surface area contributed by atoms with Gasteiger partial charge in [-0.15, -0.1) is 0 Å². The summed E-state index contributed by atoms with van der Waals surface area (Å²) in [6.45, 7) is 11.1. The molecule has 5 nitrogen and oxygen atoms in total. The van der Waals surface area contributed by atoms with Gasteiger partial charge in [-0.1, -0.05) is 0 Å². The molecule has 0 aromatic carbocycles. The Bertz CT molecular complexity index is 200. The van der Waals surface area contributed by atoms with Gasteiger partial charge in [0.1, 0.15) is 0 Å². The third-order valence-electron chi connectivity index (χ3n) is 1.64. The van der Waals surface area contributed by atoms with E-state index in [0.717, 1.165) is 0 Å². The second kappa shape index (κ2) is 6.06. The molecule has 0 aromatic heterocycles. The van der Waals surface area contributed by atoms with Crippen LogP contribution in [0.4, 0.5) is 4.79 Å². The van der Waals surface area contributed by atoms with Gasteiger partial charge in [-0.25, -0.2) is 4.79 Å². The number of rotatable bonds is 6. The number of hydrogen-bond donors (Lipinski definition) is 0. The Morgan fingerprint density at radius 2 is 1.19 bits per heavy atom. The molecule has 0 bridgehead atoms. The minimum atomic E-state index is -0.992. The summed E-state index contributed by atoms with van der Waals surface area (Å²) in [6, 6.07) is 0. The Morgan fingerprint density at radius 3 is 1.44 bits per heavy atom. The zero-order valence-electron chi connectivity index (χ0n) is 11.0. The third-order valence-corrected chi connectivity index (χ3v) is 1.64. The maximum Gasteiger partial charge on any atom is 0.513 e. The van der Waals surface area contributed by atoms with Crippen LogP contribution in [-0.2, 0) is 18.9 Å². The van der Waals surface area contributed by atoms with Crippen molar-refractivity contribution in [1.82, 2.24) is 0 Å². The molecule has 0 unspecified atom stereocenters. The average molecular weight is 234 g/mol. The number of hydrogen-bond acceptors (Lipinski definition) is 5.